The summed E-state index contributed by atoms with van der Waals surface area (Å²) in [6.45, 7) is 6.79. The largest absolute Gasteiger partial charge is 0.198 e. The van der Waals surface area contributed by atoms with Gasteiger partial charge < -0.3 is 0 Å². The molecule has 0 bridgehead atoms. The maximum absolute atomic E-state index is 9.22. The van der Waals surface area contributed by atoms with Gasteiger partial charge in [-0.15, -0.1) is 0 Å². The average Bonchev–Trinajstić information content (AvgIpc) is 2.40. The van der Waals surface area contributed by atoms with Crippen molar-refractivity contribution in [3.8, 4) is 6.07 Å². The van der Waals surface area contributed by atoms with Crippen LogP contribution in [0.1, 0.15) is 104 Å². The predicted molar refractivity (Wildman–Crippen MR) is 85.1 cm³/mol. The normalized spacial score (nSPS) is 11.5. The average molecular weight is 265 g/mol. The monoisotopic (exact) mass is 265 g/mol. The van der Waals surface area contributed by atoms with Crippen LogP contribution >= 0.6 is 0 Å². The third-order valence-electron chi connectivity index (χ3n) is 4.39. The lowest BCUT2D eigenvalue weighted by atomic mass is 9.72. The van der Waals surface area contributed by atoms with Crippen molar-refractivity contribution in [2.45, 2.75) is 104 Å². The molecular weight excluding hydrogens is 230 g/mol. The Hall–Kier alpha value is -0.510. The van der Waals surface area contributed by atoms with E-state index in [-0.39, 0.29) is 0 Å². The lowest BCUT2D eigenvalue weighted by Gasteiger charge is -2.32. The Balaban J connectivity index is 4.43. The lowest BCUT2D eigenvalue weighted by Crippen LogP contribution is -2.21. The van der Waals surface area contributed by atoms with Gasteiger partial charge in [0.25, 0.3) is 0 Å². The lowest BCUT2D eigenvalue weighted by molar-refractivity contribution is 0.201. The van der Waals surface area contributed by atoms with E-state index in [0.717, 1.165) is 6.42 Å². The minimum atomic E-state index is 0.342. The predicted octanol–water partition coefficient (Wildman–Crippen LogP) is 6.63. The Morgan fingerprint density at radius 3 is 1.32 bits per heavy atom. The van der Waals surface area contributed by atoms with E-state index in [1.54, 1.807) is 0 Å². The molecule has 0 atom stereocenters. The Morgan fingerprint density at radius 1 is 0.684 bits per heavy atom. The second kappa shape index (κ2) is 12.5. The summed E-state index contributed by atoms with van der Waals surface area (Å²) in [7, 11) is 0. The third kappa shape index (κ3) is 9.09. The van der Waals surface area contributed by atoms with Gasteiger partial charge >= 0.3 is 0 Å². The standard InChI is InChI=1S/C18H35N/c1-4-7-10-13-18(16-17-19,14-11-8-5-2)15-12-9-6-3/h4-16H2,1-3H3. The summed E-state index contributed by atoms with van der Waals surface area (Å²) in [6.07, 6.45) is 16.4. The first-order valence-electron chi connectivity index (χ1n) is 8.61. The smallest absolute Gasteiger partial charge is 0.0627 e. The van der Waals surface area contributed by atoms with Gasteiger partial charge in [0.2, 0.25) is 0 Å². The number of hydrogen-bond donors (Lipinski definition) is 0. The van der Waals surface area contributed by atoms with Crippen LogP contribution in [-0.4, -0.2) is 0 Å². The van der Waals surface area contributed by atoms with E-state index in [2.05, 4.69) is 26.8 Å². The Morgan fingerprint density at radius 2 is 1.05 bits per heavy atom. The summed E-state index contributed by atoms with van der Waals surface area (Å²) in [6, 6.07) is 2.49. The zero-order chi connectivity index (χ0) is 14.4. The van der Waals surface area contributed by atoms with Crippen molar-refractivity contribution in [1.29, 1.82) is 5.26 Å². The van der Waals surface area contributed by atoms with E-state index in [1.165, 1.54) is 77.0 Å². The van der Waals surface area contributed by atoms with Gasteiger partial charge in [-0.2, -0.15) is 5.26 Å². The highest BCUT2D eigenvalue weighted by Crippen LogP contribution is 2.40. The molecule has 19 heavy (non-hydrogen) atoms. The Labute approximate surface area is 121 Å². The molecule has 0 heterocycles. The molecular formula is C18H35N. The van der Waals surface area contributed by atoms with Crippen LogP contribution in [0.5, 0.6) is 0 Å². The van der Waals surface area contributed by atoms with Crippen molar-refractivity contribution in [2.24, 2.45) is 5.41 Å². The zero-order valence-electron chi connectivity index (χ0n) is 13.6. The fourth-order valence-electron chi connectivity index (χ4n) is 3.06. The highest BCUT2D eigenvalue weighted by atomic mass is 14.3. The SMILES string of the molecule is CCCCCC(CC#N)(CCCCC)CCCCC. The van der Waals surface area contributed by atoms with Gasteiger partial charge in [0, 0.05) is 6.42 Å². The second-order valence-electron chi connectivity index (χ2n) is 6.21. The number of rotatable bonds is 13. The molecule has 0 aromatic carbocycles. The van der Waals surface area contributed by atoms with E-state index in [4.69, 9.17) is 0 Å². The Kier molecular flexibility index (Phi) is 12.2. The maximum Gasteiger partial charge on any atom is 0.0627 e. The number of nitrogens with zero attached hydrogens (tertiary/aromatic N) is 1. The van der Waals surface area contributed by atoms with Crippen molar-refractivity contribution < 1.29 is 0 Å². The first-order chi connectivity index (χ1) is 9.24. The maximum atomic E-state index is 9.22. The number of hydrogen-bond acceptors (Lipinski definition) is 1. The van der Waals surface area contributed by atoms with Gasteiger partial charge in [-0.1, -0.05) is 78.6 Å². The van der Waals surface area contributed by atoms with Crippen molar-refractivity contribution in [3.63, 3.8) is 0 Å². The molecule has 0 fully saturated rings. The molecule has 0 aliphatic heterocycles. The van der Waals surface area contributed by atoms with Crippen LogP contribution in [0.2, 0.25) is 0 Å². The van der Waals surface area contributed by atoms with Crippen molar-refractivity contribution in [1.82, 2.24) is 0 Å². The molecule has 1 nitrogen and oxygen atoms in total. The van der Waals surface area contributed by atoms with Crippen molar-refractivity contribution in [3.05, 3.63) is 0 Å². The second-order valence-corrected chi connectivity index (χ2v) is 6.21. The van der Waals surface area contributed by atoms with E-state index < -0.39 is 0 Å². The van der Waals surface area contributed by atoms with E-state index in [0.29, 0.717) is 5.41 Å². The summed E-state index contributed by atoms with van der Waals surface area (Å²) >= 11 is 0. The van der Waals surface area contributed by atoms with Gasteiger partial charge in [-0.05, 0) is 24.7 Å². The van der Waals surface area contributed by atoms with Crippen LogP contribution in [0.15, 0.2) is 0 Å². The number of unbranched alkanes of at least 4 members (excludes halogenated alkanes) is 6. The van der Waals surface area contributed by atoms with E-state index in [1.807, 2.05) is 0 Å². The topological polar surface area (TPSA) is 23.8 Å². The molecule has 0 aromatic heterocycles. The summed E-state index contributed by atoms with van der Waals surface area (Å²) in [5.74, 6) is 0. The van der Waals surface area contributed by atoms with E-state index in [9.17, 15) is 5.26 Å². The quantitative estimate of drug-likeness (QED) is 0.343. The van der Waals surface area contributed by atoms with Crippen LogP contribution < -0.4 is 0 Å². The van der Waals surface area contributed by atoms with Gasteiger partial charge in [0.05, 0.1) is 6.07 Å². The summed E-state index contributed by atoms with van der Waals surface area (Å²) in [4.78, 5) is 0. The molecule has 0 rings (SSSR count). The summed E-state index contributed by atoms with van der Waals surface area (Å²) < 4.78 is 0. The minimum Gasteiger partial charge on any atom is -0.198 e. The van der Waals surface area contributed by atoms with Crippen LogP contribution in [0.3, 0.4) is 0 Å². The highest BCUT2D eigenvalue weighted by Gasteiger charge is 2.28. The molecule has 0 aliphatic rings. The molecule has 0 spiro atoms. The number of nitriles is 1. The first kappa shape index (κ1) is 18.5. The van der Waals surface area contributed by atoms with Gasteiger partial charge in [-0.25, -0.2) is 0 Å². The van der Waals surface area contributed by atoms with Crippen LogP contribution in [0.25, 0.3) is 0 Å². The zero-order valence-corrected chi connectivity index (χ0v) is 13.6. The molecule has 0 saturated heterocycles. The summed E-state index contributed by atoms with van der Waals surface area (Å²) in [5.41, 5.74) is 0.342. The third-order valence-corrected chi connectivity index (χ3v) is 4.39. The minimum absolute atomic E-state index is 0.342. The molecule has 0 radical (unpaired) electrons. The van der Waals surface area contributed by atoms with Crippen LogP contribution in [0, 0.1) is 16.7 Å². The van der Waals surface area contributed by atoms with E-state index >= 15 is 0 Å². The van der Waals surface area contributed by atoms with Crippen molar-refractivity contribution in [2.75, 3.05) is 0 Å². The van der Waals surface area contributed by atoms with Crippen LogP contribution in [-0.2, 0) is 0 Å². The molecule has 0 saturated carbocycles. The summed E-state index contributed by atoms with van der Waals surface area (Å²) in [5, 5.41) is 9.22. The van der Waals surface area contributed by atoms with Gasteiger partial charge in [0.1, 0.15) is 0 Å². The van der Waals surface area contributed by atoms with Gasteiger partial charge in [-0.3, -0.25) is 0 Å². The first-order valence-corrected chi connectivity index (χ1v) is 8.61. The van der Waals surface area contributed by atoms with Gasteiger partial charge in [0.15, 0.2) is 0 Å². The fourth-order valence-corrected chi connectivity index (χ4v) is 3.06. The molecule has 0 aromatic rings. The fraction of sp³-hybridized carbons (Fsp3) is 0.944. The molecule has 112 valence electrons. The molecule has 0 aliphatic carbocycles. The Bertz CT molecular complexity index is 200. The molecule has 0 amide bonds. The van der Waals surface area contributed by atoms with Crippen molar-refractivity contribution >= 4 is 0 Å². The molecule has 0 N–H and O–H groups in total. The highest BCUT2D eigenvalue weighted by molar-refractivity contribution is 4.88. The van der Waals surface area contributed by atoms with Crippen LogP contribution in [0.4, 0.5) is 0 Å². The molecule has 0 unspecified atom stereocenters. The molecule has 1 heteroatoms.